The standard InChI is InChI=1S/C21H25FN4O2/c1-23-21(25-14-16-7-10-19(28-2)18(22)12-16)24-13-15-5-8-17(9-6-15)26-11-3-4-20(26)27/h5-10,12H,3-4,11,13-14H2,1-2H3,(H2,23,24,25). The normalized spacial score (nSPS) is 14.3. The maximum Gasteiger partial charge on any atom is 0.227 e. The van der Waals surface area contributed by atoms with Crippen LogP contribution in [0, 0.1) is 5.82 Å². The maximum atomic E-state index is 13.8. The predicted molar refractivity (Wildman–Crippen MR) is 108 cm³/mol. The number of anilines is 1. The summed E-state index contributed by atoms with van der Waals surface area (Å²) in [6.45, 7) is 1.82. The van der Waals surface area contributed by atoms with E-state index in [9.17, 15) is 9.18 Å². The molecule has 0 unspecified atom stereocenters. The van der Waals surface area contributed by atoms with Crippen molar-refractivity contribution in [3.8, 4) is 5.75 Å². The summed E-state index contributed by atoms with van der Waals surface area (Å²) >= 11 is 0. The average molecular weight is 384 g/mol. The summed E-state index contributed by atoms with van der Waals surface area (Å²) in [6, 6.07) is 12.8. The van der Waals surface area contributed by atoms with Crippen molar-refractivity contribution in [1.82, 2.24) is 10.6 Å². The Bertz CT molecular complexity index is 852. The van der Waals surface area contributed by atoms with Crippen LogP contribution in [0.3, 0.4) is 0 Å². The van der Waals surface area contributed by atoms with E-state index < -0.39 is 0 Å². The van der Waals surface area contributed by atoms with Crippen LogP contribution in [0.1, 0.15) is 24.0 Å². The van der Waals surface area contributed by atoms with Crippen molar-refractivity contribution in [2.24, 2.45) is 4.99 Å². The van der Waals surface area contributed by atoms with Crippen molar-refractivity contribution in [2.75, 3.05) is 25.6 Å². The Hall–Kier alpha value is -3.09. The number of guanidine groups is 1. The lowest BCUT2D eigenvalue weighted by atomic mass is 10.2. The Balaban J connectivity index is 1.51. The van der Waals surface area contributed by atoms with E-state index >= 15 is 0 Å². The summed E-state index contributed by atoms with van der Waals surface area (Å²) < 4.78 is 18.7. The quantitative estimate of drug-likeness (QED) is 0.594. The molecule has 2 N–H and O–H groups in total. The van der Waals surface area contributed by atoms with Gasteiger partial charge in [0.25, 0.3) is 0 Å². The van der Waals surface area contributed by atoms with Crippen molar-refractivity contribution in [3.05, 3.63) is 59.4 Å². The van der Waals surface area contributed by atoms with E-state index in [2.05, 4.69) is 15.6 Å². The van der Waals surface area contributed by atoms with Gasteiger partial charge in [0.05, 0.1) is 7.11 Å². The fourth-order valence-corrected chi connectivity index (χ4v) is 3.13. The molecule has 148 valence electrons. The molecule has 1 fully saturated rings. The second-order valence-corrected chi connectivity index (χ2v) is 6.56. The highest BCUT2D eigenvalue weighted by molar-refractivity contribution is 5.95. The van der Waals surface area contributed by atoms with Crippen LogP contribution in [-0.4, -0.2) is 32.6 Å². The third kappa shape index (κ3) is 4.79. The Kier molecular flexibility index (Phi) is 6.47. The number of halogens is 1. The van der Waals surface area contributed by atoms with E-state index in [0.717, 1.165) is 29.8 Å². The van der Waals surface area contributed by atoms with Gasteiger partial charge in [-0.3, -0.25) is 9.79 Å². The van der Waals surface area contributed by atoms with E-state index in [1.807, 2.05) is 29.2 Å². The number of nitrogens with one attached hydrogen (secondary N) is 2. The first-order valence-electron chi connectivity index (χ1n) is 9.27. The Labute approximate surface area is 164 Å². The van der Waals surface area contributed by atoms with Crippen molar-refractivity contribution in [3.63, 3.8) is 0 Å². The summed E-state index contributed by atoms with van der Waals surface area (Å²) in [6.07, 6.45) is 1.55. The first-order valence-corrected chi connectivity index (χ1v) is 9.27. The molecule has 1 aliphatic rings. The second kappa shape index (κ2) is 9.21. The molecule has 1 amide bonds. The number of hydrogen-bond acceptors (Lipinski definition) is 3. The molecule has 7 heteroatoms. The Morgan fingerprint density at radius 1 is 1.14 bits per heavy atom. The van der Waals surface area contributed by atoms with Gasteiger partial charge in [0.1, 0.15) is 0 Å². The van der Waals surface area contributed by atoms with E-state index in [0.29, 0.717) is 25.5 Å². The largest absolute Gasteiger partial charge is 0.494 e. The van der Waals surface area contributed by atoms with Gasteiger partial charge in [0.15, 0.2) is 17.5 Å². The molecule has 0 saturated carbocycles. The van der Waals surface area contributed by atoms with Crippen LogP contribution < -0.4 is 20.3 Å². The zero-order chi connectivity index (χ0) is 19.9. The zero-order valence-electron chi connectivity index (χ0n) is 16.2. The molecule has 0 aromatic heterocycles. The molecular weight excluding hydrogens is 359 g/mol. The van der Waals surface area contributed by atoms with Crippen LogP contribution in [0.25, 0.3) is 0 Å². The minimum atomic E-state index is -0.388. The molecule has 1 saturated heterocycles. The van der Waals surface area contributed by atoms with Gasteiger partial charge >= 0.3 is 0 Å². The highest BCUT2D eigenvalue weighted by Gasteiger charge is 2.21. The Morgan fingerprint density at radius 2 is 1.82 bits per heavy atom. The van der Waals surface area contributed by atoms with Crippen LogP contribution in [0.15, 0.2) is 47.5 Å². The molecule has 1 heterocycles. The third-order valence-corrected chi connectivity index (χ3v) is 4.68. The van der Waals surface area contributed by atoms with Crippen LogP contribution >= 0.6 is 0 Å². The van der Waals surface area contributed by atoms with Crippen molar-refractivity contribution in [2.45, 2.75) is 25.9 Å². The molecule has 2 aromatic rings. The number of rotatable bonds is 6. The lowest BCUT2D eigenvalue weighted by Crippen LogP contribution is -2.36. The van der Waals surface area contributed by atoms with Gasteiger partial charge in [-0.2, -0.15) is 0 Å². The molecule has 0 atom stereocenters. The molecule has 28 heavy (non-hydrogen) atoms. The minimum Gasteiger partial charge on any atom is -0.494 e. The topological polar surface area (TPSA) is 66.0 Å². The highest BCUT2D eigenvalue weighted by Crippen LogP contribution is 2.21. The maximum absolute atomic E-state index is 13.8. The summed E-state index contributed by atoms with van der Waals surface area (Å²) in [4.78, 5) is 17.8. The number of hydrogen-bond donors (Lipinski definition) is 2. The molecule has 0 aliphatic carbocycles. The van der Waals surface area contributed by atoms with E-state index in [-0.39, 0.29) is 17.5 Å². The van der Waals surface area contributed by atoms with Gasteiger partial charge < -0.3 is 20.3 Å². The van der Waals surface area contributed by atoms with E-state index in [4.69, 9.17) is 4.74 Å². The summed E-state index contributed by atoms with van der Waals surface area (Å²) in [5.74, 6) is 0.645. The van der Waals surface area contributed by atoms with Crippen molar-refractivity contribution < 1.29 is 13.9 Å². The lowest BCUT2D eigenvalue weighted by molar-refractivity contribution is -0.117. The van der Waals surface area contributed by atoms with Crippen LogP contribution in [0.5, 0.6) is 5.75 Å². The predicted octanol–water partition coefficient (Wildman–Crippen LogP) is 2.83. The number of aliphatic imine (C=N–C) groups is 1. The smallest absolute Gasteiger partial charge is 0.227 e. The summed E-state index contributed by atoms with van der Waals surface area (Å²) in [5.41, 5.74) is 2.81. The number of carbonyl (C=O) groups is 1. The number of carbonyl (C=O) groups excluding carboxylic acids is 1. The second-order valence-electron chi connectivity index (χ2n) is 6.56. The number of ether oxygens (including phenoxy) is 1. The Morgan fingerprint density at radius 3 is 2.39 bits per heavy atom. The monoisotopic (exact) mass is 384 g/mol. The van der Waals surface area contributed by atoms with E-state index in [1.54, 1.807) is 19.2 Å². The SMILES string of the molecule is CN=C(NCc1ccc(N2CCCC2=O)cc1)NCc1ccc(OC)c(F)c1. The number of amides is 1. The number of methoxy groups -OCH3 is 1. The average Bonchev–Trinajstić information content (AvgIpc) is 3.14. The molecule has 2 aromatic carbocycles. The van der Waals surface area contributed by atoms with Gasteiger partial charge in [-0.25, -0.2) is 4.39 Å². The fourth-order valence-electron chi connectivity index (χ4n) is 3.13. The molecule has 3 rings (SSSR count). The zero-order valence-corrected chi connectivity index (χ0v) is 16.2. The van der Waals surface area contributed by atoms with Gasteiger partial charge in [-0.1, -0.05) is 18.2 Å². The first-order chi connectivity index (χ1) is 13.6. The summed E-state index contributed by atoms with van der Waals surface area (Å²) in [7, 11) is 3.13. The number of nitrogens with zero attached hydrogens (tertiary/aromatic N) is 2. The lowest BCUT2D eigenvalue weighted by Gasteiger charge is -2.16. The fraction of sp³-hybridized carbons (Fsp3) is 0.333. The van der Waals surface area contributed by atoms with Crippen LogP contribution in [0.2, 0.25) is 0 Å². The molecule has 1 aliphatic heterocycles. The van der Waals surface area contributed by atoms with Gasteiger partial charge in [-0.05, 0) is 41.8 Å². The van der Waals surface area contributed by atoms with Crippen LogP contribution in [0.4, 0.5) is 10.1 Å². The molecular formula is C21H25FN4O2. The minimum absolute atomic E-state index is 0.186. The van der Waals surface area contributed by atoms with Crippen molar-refractivity contribution in [1.29, 1.82) is 0 Å². The molecule has 0 bridgehead atoms. The first kappa shape index (κ1) is 19.7. The van der Waals surface area contributed by atoms with E-state index in [1.165, 1.54) is 13.2 Å². The van der Waals surface area contributed by atoms with Crippen LogP contribution in [-0.2, 0) is 17.9 Å². The summed E-state index contributed by atoms with van der Waals surface area (Å²) in [5, 5.41) is 6.39. The molecule has 6 nitrogen and oxygen atoms in total. The van der Waals surface area contributed by atoms with Gasteiger partial charge in [-0.15, -0.1) is 0 Å². The number of benzene rings is 2. The van der Waals surface area contributed by atoms with Gasteiger partial charge in [0.2, 0.25) is 5.91 Å². The molecule has 0 spiro atoms. The third-order valence-electron chi connectivity index (χ3n) is 4.68. The molecule has 0 radical (unpaired) electrons. The van der Waals surface area contributed by atoms with Crippen molar-refractivity contribution >= 4 is 17.6 Å². The van der Waals surface area contributed by atoms with Gasteiger partial charge in [0, 0.05) is 38.8 Å². The highest BCUT2D eigenvalue weighted by atomic mass is 19.1.